The lowest BCUT2D eigenvalue weighted by molar-refractivity contribution is 0.336. The molecule has 0 aliphatic carbocycles. The summed E-state index contributed by atoms with van der Waals surface area (Å²) in [5, 5.41) is 9.71. The summed E-state index contributed by atoms with van der Waals surface area (Å²) in [6.07, 6.45) is 0. The Morgan fingerprint density at radius 1 is 1.29 bits per heavy atom. The molecule has 1 aromatic rings. The second-order valence-corrected chi connectivity index (χ2v) is 3.03. The molecular formula is C10H15NO3. The lowest BCUT2D eigenvalue weighted by Crippen LogP contribution is -2.07. The Kier molecular flexibility index (Phi) is 3.19. The first kappa shape index (κ1) is 10.7. The van der Waals surface area contributed by atoms with Crippen molar-refractivity contribution in [3.63, 3.8) is 0 Å². The first-order chi connectivity index (χ1) is 6.61. The topological polar surface area (TPSA) is 64.7 Å². The van der Waals surface area contributed by atoms with Crippen molar-refractivity contribution in [2.75, 3.05) is 14.2 Å². The minimum Gasteiger partial charge on any atom is -0.502 e. The second-order valence-electron chi connectivity index (χ2n) is 3.03. The highest BCUT2D eigenvalue weighted by Crippen LogP contribution is 2.40. The Balaban J connectivity index is 3.28. The number of phenolic OH excluding ortho intramolecular Hbond substituents is 1. The second kappa shape index (κ2) is 4.19. The molecule has 1 rings (SSSR count). The molecule has 0 aliphatic heterocycles. The van der Waals surface area contributed by atoms with Crippen molar-refractivity contribution in [2.45, 2.75) is 13.0 Å². The molecule has 0 aliphatic rings. The third kappa shape index (κ3) is 1.75. The van der Waals surface area contributed by atoms with Gasteiger partial charge in [-0.1, -0.05) is 0 Å². The number of benzene rings is 1. The lowest BCUT2D eigenvalue weighted by atomic mass is 10.1. The minimum absolute atomic E-state index is 0.00944. The van der Waals surface area contributed by atoms with E-state index < -0.39 is 0 Å². The van der Waals surface area contributed by atoms with Crippen LogP contribution in [0.25, 0.3) is 0 Å². The molecule has 14 heavy (non-hydrogen) atoms. The predicted molar refractivity (Wildman–Crippen MR) is 53.8 cm³/mol. The summed E-state index contributed by atoms with van der Waals surface area (Å²) in [5.74, 6) is 0.746. The van der Waals surface area contributed by atoms with Crippen LogP contribution in [0.2, 0.25) is 0 Å². The van der Waals surface area contributed by atoms with Crippen molar-refractivity contribution in [3.05, 3.63) is 17.7 Å². The van der Waals surface area contributed by atoms with E-state index >= 15 is 0 Å². The molecule has 0 saturated carbocycles. The van der Waals surface area contributed by atoms with Gasteiger partial charge < -0.3 is 20.3 Å². The van der Waals surface area contributed by atoms with E-state index in [0.29, 0.717) is 11.5 Å². The Morgan fingerprint density at radius 2 is 1.93 bits per heavy atom. The maximum atomic E-state index is 9.71. The summed E-state index contributed by atoms with van der Waals surface area (Å²) in [7, 11) is 2.97. The van der Waals surface area contributed by atoms with Gasteiger partial charge in [0.25, 0.3) is 0 Å². The van der Waals surface area contributed by atoms with Crippen LogP contribution in [0.3, 0.4) is 0 Å². The third-order valence-corrected chi connectivity index (χ3v) is 2.04. The molecule has 0 fully saturated rings. The minimum atomic E-state index is -0.193. The summed E-state index contributed by atoms with van der Waals surface area (Å²) < 4.78 is 10.0. The van der Waals surface area contributed by atoms with Crippen LogP contribution in [0, 0.1) is 0 Å². The summed E-state index contributed by atoms with van der Waals surface area (Å²) in [4.78, 5) is 0. The van der Waals surface area contributed by atoms with Crippen molar-refractivity contribution in [2.24, 2.45) is 5.73 Å². The van der Waals surface area contributed by atoms with Gasteiger partial charge in [-0.25, -0.2) is 0 Å². The maximum Gasteiger partial charge on any atom is 0.201 e. The smallest absolute Gasteiger partial charge is 0.201 e. The fourth-order valence-corrected chi connectivity index (χ4v) is 1.31. The molecule has 1 aromatic carbocycles. The van der Waals surface area contributed by atoms with Crippen LogP contribution in [0.5, 0.6) is 17.2 Å². The average molecular weight is 197 g/mol. The molecule has 78 valence electrons. The van der Waals surface area contributed by atoms with Crippen LogP contribution >= 0.6 is 0 Å². The van der Waals surface area contributed by atoms with E-state index in [9.17, 15) is 5.11 Å². The fraction of sp³-hybridized carbons (Fsp3) is 0.400. The van der Waals surface area contributed by atoms with Crippen LogP contribution in [-0.4, -0.2) is 19.3 Å². The van der Waals surface area contributed by atoms with Crippen molar-refractivity contribution < 1.29 is 14.6 Å². The SMILES string of the molecule is COc1ccc([C@@H](C)N)c(OC)c1O. The summed E-state index contributed by atoms with van der Waals surface area (Å²) in [5.41, 5.74) is 6.47. The van der Waals surface area contributed by atoms with E-state index in [1.165, 1.54) is 14.2 Å². The van der Waals surface area contributed by atoms with Gasteiger partial charge in [0.05, 0.1) is 14.2 Å². The van der Waals surface area contributed by atoms with Gasteiger partial charge in [0.1, 0.15) is 0 Å². The summed E-state index contributed by atoms with van der Waals surface area (Å²) >= 11 is 0. The zero-order valence-electron chi connectivity index (χ0n) is 8.57. The molecule has 0 unspecified atom stereocenters. The van der Waals surface area contributed by atoms with Crippen LogP contribution in [-0.2, 0) is 0 Å². The highest BCUT2D eigenvalue weighted by atomic mass is 16.5. The van der Waals surface area contributed by atoms with Crippen LogP contribution < -0.4 is 15.2 Å². The zero-order chi connectivity index (χ0) is 10.7. The van der Waals surface area contributed by atoms with Gasteiger partial charge >= 0.3 is 0 Å². The number of nitrogens with two attached hydrogens (primary N) is 1. The Morgan fingerprint density at radius 3 is 2.36 bits per heavy atom. The number of methoxy groups -OCH3 is 2. The molecule has 0 saturated heterocycles. The number of hydrogen-bond donors (Lipinski definition) is 2. The summed E-state index contributed by atoms with van der Waals surface area (Å²) in [6, 6.07) is 3.25. The molecule has 0 bridgehead atoms. The first-order valence-corrected chi connectivity index (χ1v) is 4.31. The number of rotatable bonds is 3. The molecule has 0 radical (unpaired) electrons. The highest BCUT2D eigenvalue weighted by Gasteiger charge is 2.15. The number of phenols is 1. The van der Waals surface area contributed by atoms with Crippen molar-refractivity contribution >= 4 is 0 Å². The van der Waals surface area contributed by atoms with Crippen molar-refractivity contribution in [1.29, 1.82) is 0 Å². The van der Waals surface area contributed by atoms with E-state index in [0.717, 1.165) is 5.56 Å². The fourth-order valence-electron chi connectivity index (χ4n) is 1.31. The van der Waals surface area contributed by atoms with Gasteiger partial charge in [-0.05, 0) is 19.1 Å². The molecule has 0 heterocycles. The van der Waals surface area contributed by atoms with Gasteiger partial charge in [0, 0.05) is 11.6 Å². The summed E-state index contributed by atoms with van der Waals surface area (Å²) in [6.45, 7) is 1.82. The molecule has 1 atom stereocenters. The Hall–Kier alpha value is -1.42. The van der Waals surface area contributed by atoms with Crippen LogP contribution in [0.1, 0.15) is 18.5 Å². The van der Waals surface area contributed by atoms with E-state index in [4.69, 9.17) is 15.2 Å². The number of aromatic hydroxyl groups is 1. The average Bonchev–Trinajstić information content (AvgIpc) is 2.17. The van der Waals surface area contributed by atoms with Gasteiger partial charge in [-0.2, -0.15) is 0 Å². The van der Waals surface area contributed by atoms with Crippen LogP contribution in [0.4, 0.5) is 0 Å². The normalized spacial score (nSPS) is 12.3. The van der Waals surface area contributed by atoms with Gasteiger partial charge in [0.2, 0.25) is 5.75 Å². The molecule has 0 spiro atoms. The van der Waals surface area contributed by atoms with Crippen LogP contribution in [0.15, 0.2) is 12.1 Å². The number of ether oxygens (including phenoxy) is 2. The molecule has 0 aromatic heterocycles. The van der Waals surface area contributed by atoms with E-state index in [1.807, 2.05) is 6.92 Å². The highest BCUT2D eigenvalue weighted by molar-refractivity contribution is 5.55. The maximum absolute atomic E-state index is 9.71. The van der Waals surface area contributed by atoms with E-state index in [-0.39, 0.29) is 11.8 Å². The van der Waals surface area contributed by atoms with Crippen molar-refractivity contribution in [1.82, 2.24) is 0 Å². The zero-order valence-corrected chi connectivity index (χ0v) is 8.57. The van der Waals surface area contributed by atoms with Gasteiger partial charge in [-0.3, -0.25) is 0 Å². The van der Waals surface area contributed by atoms with E-state index in [1.54, 1.807) is 12.1 Å². The standard InChI is InChI=1S/C10H15NO3/c1-6(11)7-4-5-8(13-2)9(12)10(7)14-3/h4-6,12H,11H2,1-3H3/t6-/m1/s1. The first-order valence-electron chi connectivity index (χ1n) is 4.31. The quantitative estimate of drug-likeness (QED) is 0.769. The van der Waals surface area contributed by atoms with Gasteiger partial charge in [0.15, 0.2) is 11.5 Å². The number of hydrogen-bond acceptors (Lipinski definition) is 4. The molecular weight excluding hydrogens is 182 g/mol. The third-order valence-electron chi connectivity index (χ3n) is 2.04. The Bertz CT molecular complexity index is 323. The van der Waals surface area contributed by atoms with Gasteiger partial charge in [-0.15, -0.1) is 0 Å². The lowest BCUT2D eigenvalue weighted by Gasteiger charge is -2.14. The monoisotopic (exact) mass is 197 g/mol. The molecule has 4 nitrogen and oxygen atoms in total. The Labute approximate surface area is 83.3 Å². The predicted octanol–water partition coefficient (Wildman–Crippen LogP) is 1.43. The molecule has 3 N–H and O–H groups in total. The molecule has 0 amide bonds. The largest absolute Gasteiger partial charge is 0.502 e. The van der Waals surface area contributed by atoms with Crippen molar-refractivity contribution in [3.8, 4) is 17.2 Å². The molecule has 4 heteroatoms. The van der Waals surface area contributed by atoms with E-state index in [2.05, 4.69) is 0 Å².